The van der Waals surface area contributed by atoms with Gasteiger partial charge >= 0.3 is 0 Å². The second-order valence-electron chi connectivity index (χ2n) is 40.5. The molecule has 698 valence electrons. The lowest BCUT2D eigenvalue weighted by atomic mass is 9.82. The Morgan fingerprint density at radius 2 is 0.365 bits per heavy atom. The Morgan fingerprint density at radius 1 is 0.142 bits per heavy atom. The molecule has 29 rings (SSSR count). The molecule has 2 aromatic heterocycles. The standard InChI is InChI=1S/C73H50N2S.C69H48N2S/c1-73(2)68-45-55(37-40-63(68)64-41-38-56(46-69(64)73)75(52-17-4-3-5-18-52)70-25-14-16-49-15-6-7-19-57(49)70)74(54-35-29-48(30-36-54)51-32-42-72-67(44-51)65-24-12-13-26-71(65)76-72)53-33-27-47(28-34-53)50-31-39-62-60-22-9-8-20-58(60)59-21-10-11-23-61(59)66(62)43-50;1-69(2)65-43-53(70(49-15-5-3-6-16-49)50-17-7-4-8-18-50)35-38-60(65)61-39-36-54(44-66(61)69)71(52-33-27-46(28-34-52)48-30-40-68-64(42-48)62-23-13-14-24-67(62)72-68)51-31-25-45(26-32-51)47-29-37-59-57-21-10-9-19-55(57)56-20-11-12-22-58(56)63(59)41-47/h3-46H,1-2H3;3-44H,1-2H3. The van der Waals surface area contributed by atoms with E-state index < -0.39 is 0 Å². The third kappa shape index (κ3) is 14.8. The lowest BCUT2D eigenvalue weighted by Gasteiger charge is -2.29. The van der Waals surface area contributed by atoms with Crippen molar-refractivity contribution >= 4 is 207 Å². The molecule has 0 saturated heterocycles. The van der Waals surface area contributed by atoms with Crippen LogP contribution in [-0.4, -0.2) is 0 Å². The van der Waals surface area contributed by atoms with Gasteiger partial charge in [-0.05, 0) is 347 Å². The highest BCUT2D eigenvalue weighted by atomic mass is 32.1. The molecule has 6 heteroatoms. The number of anilines is 12. The second kappa shape index (κ2) is 35.5. The summed E-state index contributed by atoms with van der Waals surface area (Å²) in [5.74, 6) is 0. The normalized spacial score (nSPS) is 12.7. The molecule has 0 aliphatic heterocycles. The molecule has 0 saturated carbocycles. The number of thiophene rings is 2. The Bertz CT molecular complexity index is 9870. The van der Waals surface area contributed by atoms with Gasteiger partial charge in [-0.2, -0.15) is 0 Å². The van der Waals surface area contributed by atoms with E-state index >= 15 is 0 Å². The van der Waals surface area contributed by atoms with E-state index in [-0.39, 0.29) is 10.8 Å². The van der Waals surface area contributed by atoms with Crippen LogP contribution in [0.25, 0.3) is 183 Å². The van der Waals surface area contributed by atoms with E-state index in [1.54, 1.807) is 0 Å². The van der Waals surface area contributed by atoms with Gasteiger partial charge in [0, 0.05) is 119 Å². The molecule has 2 aliphatic rings. The summed E-state index contributed by atoms with van der Waals surface area (Å²) in [4.78, 5) is 9.65. The molecule has 0 amide bonds. The van der Waals surface area contributed by atoms with Crippen LogP contribution in [0.5, 0.6) is 0 Å². The van der Waals surface area contributed by atoms with Crippen molar-refractivity contribution in [2.24, 2.45) is 0 Å². The maximum absolute atomic E-state index is 2.45. The summed E-state index contributed by atoms with van der Waals surface area (Å²) in [6.45, 7) is 9.56. The number of hydrogen-bond acceptors (Lipinski definition) is 6. The fourth-order valence-corrected chi connectivity index (χ4v) is 26.3. The van der Waals surface area contributed by atoms with E-state index in [1.807, 2.05) is 22.7 Å². The fourth-order valence-electron chi connectivity index (χ4n) is 24.1. The second-order valence-corrected chi connectivity index (χ2v) is 42.7. The molecule has 0 radical (unpaired) electrons. The zero-order valence-corrected chi connectivity index (χ0v) is 83.9. The van der Waals surface area contributed by atoms with Crippen LogP contribution in [0, 0.1) is 0 Å². The molecular formula is C142H98N4S2. The van der Waals surface area contributed by atoms with Gasteiger partial charge in [0.05, 0.1) is 5.69 Å². The molecule has 0 unspecified atom stereocenters. The first kappa shape index (κ1) is 87.7. The molecule has 0 spiro atoms. The third-order valence-corrected chi connectivity index (χ3v) is 33.8. The Balaban J connectivity index is 0.000000143. The zero-order chi connectivity index (χ0) is 98.4. The Labute approximate surface area is 868 Å². The largest absolute Gasteiger partial charge is 0.310 e. The highest BCUT2D eigenvalue weighted by Gasteiger charge is 2.40. The van der Waals surface area contributed by atoms with Crippen LogP contribution < -0.4 is 19.6 Å². The third-order valence-electron chi connectivity index (χ3n) is 31.4. The van der Waals surface area contributed by atoms with Gasteiger partial charge < -0.3 is 19.6 Å². The smallest absolute Gasteiger partial charge is 0.0540 e. The van der Waals surface area contributed by atoms with Gasteiger partial charge in [-0.15, -0.1) is 22.7 Å². The Hall–Kier alpha value is -18.0. The first-order chi connectivity index (χ1) is 72.9. The van der Waals surface area contributed by atoms with E-state index in [0.717, 1.165) is 68.2 Å². The van der Waals surface area contributed by atoms with Gasteiger partial charge in [0.1, 0.15) is 0 Å². The maximum atomic E-state index is 2.45. The minimum absolute atomic E-state index is 0.259. The Morgan fingerprint density at radius 3 is 0.696 bits per heavy atom. The van der Waals surface area contributed by atoms with Crippen LogP contribution in [-0.2, 0) is 10.8 Å². The summed E-state index contributed by atoms with van der Waals surface area (Å²) >= 11 is 3.73. The summed E-state index contributed by atoms with van der Waals surface area (Å²) in [5, 5.41) is 23.1. The van der Waals surface area contributed by atoms with Crippen LogP contribution in [0.1, 0.15) is 49.9 Å². The lowest BCUT2D eigenvalue weighted by molar-refractivity contribution is 0.660. The number of hydrogen-bond donors (Lipinski definition) is 0. The van der Waals surface area contributed by atoms with E-state index in [1.165, 1.54) is 205 Å². The van der Waals surface area contributed by atoms with E-state index in [9.17, 15) is 0 Å². The van der Waals surface area contributed by atoms with Crippen molar-refractivity contribution in [3.8, 4) is 66.8 Å². The van der Waals surface area contributed by atoms with E-state index in [4.69, 9.17) is 0 Å². The molecule has 0 fully saturated rings. The summed E-state index contributed by atoms with van der Waals surface area (Å²) in [7, 11) is 0. The average Bonchev–Trinajstić information content (AvgIpc) is 1.43. The monoisotopic (exact) mass is 1920 g/mol. The van der Waals surface area contributed by atoms with Crippen LogP contribution in [0.2, 0.25) is 0 Å². The van der Waals surface area contributed by atoms with E-state index in [2.05, 4.69) is 569 Å². The lowest BCUT2D eigenvalue weighted by Crippen LogP contribution is -2.17. The molecule has 2 aliphatic carbocycles. The number of nitrogens with zero attached hydrogens (tertiary/aromatic N) is 4. The molecular weight excluding hydrogens is 1830 g/mol. The fraction of sp³-hybridized carbons (Fsp3) is 0.0423. The van der Waals surface area contributed by atoms with E-state index in [0.29, 0.717) is 0 Å². The van der Waals surface area contributed by atoms with Crippen LogP contribution >= 0.6 is 22.7 Å². The summed E-state index contributed by atoms with van der Waals surface area (Å²) in [6.07, 6.45) is 0. The van der Waals surface area contributed by atoms with Crippen LogP contribution in [0.15, 0.2) is 522 Å². The first-order valence-electron chi connectivity index (χ1n) is 51.2. The summed E-state index contributed by atoms with van der Waals surface area (Å²) < 4.78 is 5.29. The number of fused-ring (bicyclic) bond motifs is 25. The number of para-hydroxylation sites is 3. The van der Waals surface area contributed by atoms with Gasteiger partial charge in [0.2, 0.25) is 0 Å². The van der Waals surface area contributed by atoms with Gasteiger partial charge in [0.25, 0.3) is 0 Å². The number of rotatable bonds is 16. The number of benzene rings is 25. The zero-order valence-electron chi connectivity index (χ0n) is 82.3. The topological polar surface area (TPSA) is 13.0 Å². The minimum atomic E-state index is -0.284. The van der Waals surface area contributed by atoms with Crippen LogP contribution in [0.3, 0.4) is 0 Å². The predicted molar refractivity (Wildman–Crippen MR) is 637 cm³/mol. The van der Waals surface area contributed by atoms with Crippen molar-refractivity contribution in [3.63, 3.8) is 0 Å². The van der Waals surface area contributed by atoms with Gasteiger partial charge in [-0.3, -0.25) is 0 Å². The molecule has 0 atom stereocenters. The first-order valence-corrected chi connectivity index (χ1v) is 52.8. The molecule has 25 aromatic carbocycles. The van der Waals surface area contributed by atoms with Crippen molar-refractivity contribution in [1.29, 1.82) is 0 Å². The Kier molecular flexibility index (Phi) is 21.0. The highest BCUT2D eigenvalue weighted by molar-refractivity contribution is 7.26. The van der Waals surface area contributed by atoms with Gasteiger partial charge in [0.15, 0.2) is 0 Å². The highest BCUT2D eigenvalue weighted by Crippen LogP contribution is 2.57. The molecule has 148 heavy (non-hydrogen) atoms. The predicted octanol–water partition coefficient (Wildman–Crippen LogP) is 41.3. The molecule has 0 N–H and O–H groups in total. The molecule has 27 aromatic rings. The maximum Gasteiger partial charge on any atom is 0.0540 e. The van der Waals surface area contributed by atoms with Gasteiger partial charge in [-0.1, -0.05) is 361 Å². The molecule has 0 bridgehead atoms. The van der Waals surface area contributed by atoms with Gasteiger partial charge in [-0.25, -0.2) is 0 Å². The van der Waals surface area contributed by atoms with Crippen molar-refractivity contribution < 1.29 is 0 Å². The molecule has 4 nitrogen and oxygen atoms in total. The SMILES string of the molecule is CC1(C)c2cc(N(c3ccc(-c4ccc5sc6ccccc6c5c4)cc3)c3ccc(-c4ccc5c6ccccc6c6ccccc6c5c4)cc3)ccc2-c2ccc(N(c3ccccc3)c3cccc4ccccc34)cc21.CC1(C)c2cc(N(c3ccccc3)c3ccccc3)ccc2-c2ccc(N(c3ccc(-c4ccc5sc6ccccc6c5c4)cc3)c3ccc(-c4ccc5c6ccccc6c6ccccc6c5c4)cc3)cc21. The van der Waals surface area contributed by atoms with Crippen molar-refractivity contribution in [3.05, 3.63) is 544 Å². The summed E-state index contributed by atoms with van der Waals surface area (Å²) in [6, 6.07) is 193. The van der Waals surface area contributed by atoms with Crippen molar-refractivity contribution in [2.75, 3.05) is 19.6 Å². The van der Waals surface area contributed by atoms with Crippen molar-refractivity contribution in [2.45, 2.75) is 38.5 Å². The van der Waals surface area contributed by atoms with Crippen molar-refractivity contribution in [1.82, 2.24) is 0 Å². The minimum Gasteiger partial charge on any atom is -0.310 e. The molecule has 2 heterocycles. The quantitative estimate of drug-likeness (QED) is 0.0894. The van der Waals surface area contributed by atoms with Crippen LogP contribution in [0.4, 0.5) is 68.2 Å². The summed E-state index contributed by atoms with van der Waals surface area (Å²) in [5.41, 5.74) is 33.0. The average molecular weight is 1920 g/mol.